The first-order valence-corrected chi connectivity index (χ1v) is 8.55. The second kappa shape index (κ2) is 8.08. The van der Waals surface area contributed by atoms with Crippen molar-refractivity contribution < 1.29 is 27.1 Å². The van der Waals surface area contributed by atoms with E-state index in [0.717, 1.165) is 23.5 Å². The fourth-order valence-corrected chi connectivity index (χ4v) is 3.23. The first kappa shape index (κ1) is 19.3. The normalized spacial score (nSPS) is 13.3. The minimum atomic E-state index is -2.69. The molecule has 0 saturated carbocycles. The van der Waals surface area contributed by atoms with Gasteiger partial charge < -0.3 is 9.64 Å². The van der Waals surface area contributed by atoms with E-state index in [1.165, 1.54) is 17.9 Å². The number of aromatic nitrogens is 2. The van der Waals surface area contributed by atoms with Gasteiger partial charge in [-0.3, -0.25) is 4.79 Å². The highest BCUT2D eigenvalue weighted by atomic mass is 19.3. The molecule has 0 fully saturated rings. The Labute approximate surface area is 153 Å². The second-order valence-corrected chi connectivity index (χ2v) is 6.27. The van der Waals surface area contributed by atoms with Crippen LogP contribution in [0.25, 0.3) is 5.69 Å². The van der Waals surface area contributed by atoms with E-state index in [9.17, 15) is 22.4 Å². The van der Waals surface area contributed by atoms with Crippen LogP contribution in [0.4, 0.5) is 17.6 Å². The van der Waals surface area contributed by atoms with Gasteiger partial charge in [-0.1, -0.05) is 0 Å². The number of carbonyl (C=O) groups is 1. The van der Waals surface area contributed by atoms with Crippen molar-refractivity contribution in [1.82, 2.24) is 14.7 Å². The quantitative estimate of drug-likeness (QED) is 0.689. The third-order valence-corrected chi connectivity index (χ3v) is 4.49. The number of nitrogens with zero attached hydrogens (tertiary/aromatic N) is 3. The van der Waals surface area contributed by atoms with Gasteiger partial charge in [-0.05, 0) is 31.4 Å². The molecule has 0 unspecified atom stereocenters. The molecule has 3 rings (SSSR count). The van der Waals surface area contributed by atoms with Crippen molar-refractivity contribution in [2.75, 3.05) is 26.8 Å². The van der Waals surface area contributed by atoms with Crippen LogP contribution in [-0.2, 0) is 17.6 Å². The number of carbonyl (C=O) groups excluding carboxylic acids is 1. The van der Waals surface area contributed by atoms with Crippen LogP contribution in [0, 0.1) is 11.6 Å². The molecule has 5 nitrogen and oxygen atoms in total. The summed E-state index contributed by atoms with van der Waals surface area (Å²) in [6.45, 7) is -0.605. The van der Waals surface area contributed by atoms with Gasteiger partial charge in [0.05, 0.1) is 18.8 Å². The molecule has 1 heterocycles. The predicted molar refractivity (Wildman–Crippen MR) is 89.3 cm³/mol. The highest BCUT2D eigenvalue weighted by Crippen LogP contribution is 2.29. The van der Waals surface area contributed by atoms with Crippen LogP contribution in [0.5, 0.6) is 0 Å². The maximum atomic E-state index is 13.6. The van der Waals surface area contributed by atoms with E-state index < -0.39 is 30.5 Å². The summed E-state index contributed by atoms with van der Waals surface area (Å²) in [5, 5.41) is 4.26. The molecular formula is C18H19F4N3O2. The molecule has 0 radical (unpaired) electrons. The predicted octanol–water partition coefficient (Wildman–Crippen LogP) is 2.99. The average molecular weight is 385 g/mol. The van der Waals surface area contributed by atoms with Gasteiger partial charge in [0.15, 0.2) is 17.3 Å². The Morgan fingerprint density at radius 2 is 2.07 bits per heavy atom. The second-order valence-electron chi connectivity index (χ2n) is 6.27. The molecule has 1 amide bonds. The van der Waals surface area contributed by atoms with Gasteiger partial charge in [0.25, 0.3) is 12.3 Å². The Morgan fingerprint density at radius 1 is 1.30 bits per heavy atom. The summed E-state index contributed by atoms with van der Waals surface area (Å²) < 4.78 is 58.9. The zero-order valence-electron chi connectivity index (χ0n) is 14.7. The number of methoxy groups -OCH3 is 1. The maximum Gasteiger partial charge on any atom is 0.274 e. The molecule has 0 bridgehead atoms. The minimum Gasteiger partial charge on any atom is -0.383 e. The molecule has 146 valence electrons. The summed E-state index contributed by atoms with van der Waals surface area (Å²) in [6.07, 6.45) is -0.731. The Morgan fingerprint density at radius 3 is 2.74 bits per heavy atom. The molecule has 0 atom stereocenters. The lowest BCUT2D eigenvalue weighted by Gasteiger charge is -2.21. The largest absolute Gasteiger partial charge is 0.383 e. The Bertz CT molecular complexity index is 838. The molecule has 0 spiro atoms. The molecule has 9 heteroatoms. The fourth-order valence-electron chi connectivity index (χ4n) is 3.23. The molecule has 0 N–H and O–H groups in total. The fraction of sp³-hybridized carbons (Fsp3) is 0.444. The Kier molecular flexibility index (Phi) is 5.79. The van der Waals surface area contributed by atoms with Crippen molar-refractivity contribution in [3.8, 4) is 5.69 Å². The van der Waals surface area contributed by atoms with Crippen molar-refractivity contribution in [2.24, 2.45) is 0 Å². The molecule has 1 aromatic heterocycles. The first-order valence-electron chi connectivity index (χ1n) is 8.55. The van der Waals surface area contributed by atoms with Gasteiger partial charge in [-0.25, -0.2) is 22.2 Å². The van der Waals surface area contributed by atoms with Crippen LogP contribution >= 0.6 is 0 Å². The van der Waals surface area contributed by atoms with Crippen LogP contribution in [0.15, 0.2) is 18.2 Å². The Hall–Kier alpha value is -2.42. The van der Waals surface area contributed by atoms with E-state index in [4.69, 9.17) is 4.74 Å². The van der Waals surface area contributed by atoms with Crippen molar-refractivity contribution in [3.63, 3.8) is 0 Å². The number of rotatable bonds is 7. The number of alkyl halides is 2. The summed E-state index contributed by atoms with van der Waals surface area (Å²) in [5.74, 6) is -2.63. The minimum absolute atomic E-state index is 0.00643. The van der Waals surface area contributed by atoms with Gasteiger partial charge in [-0.2, -0.15) is 5.10 Å². The number of fused-ring (bicyclic) bond motifs is 1. The van der Waals surface area contributed by atoms with Crippen LogP contribution in [0.1, 0.15) is 28.2 Å². The van der Waals surface area contributed by atoms with Crippen LogP contribution in [0.2, 0.25) is 0 Å². The first-order chi connectivity index (χ1) is 12.9. The van der Waals surface area contributed by atoms with E-state index in [0.29, 0.717) is 24.1 Å². The van der Waals surface area contributed by atoms with E-state index in [1.807, 2.05) is 0 Å². The van der Waals surface area contributed by atoms with Gasteiger partial charge in [0.1, 0.15) is 0 Å². The smallest absolute Gasteiger partial charge is 0.274 e. The van der Waals surface area contributed by atoms with Crippen molar-refractivity contribution in [2.45, 2.75) is 25.7 Å². The number of amides is 1. The van der Waals surface area contributed by atoms with E-state index >= 15 is 0 Å². The molecule has 2 aromatic rings. The van der Waals surface area contributed by atoms with Crippen molar-refractivity contribution in [1.29, 1.82) is 0 Å². The topological polar surface area (TPSA) is 47.4 Å². The third-order valence-electron chi connectivity index (χ3n) is 4.49. The van der Waals surface area contributed by atoms with Gasteiger partial charge in [0, 0.05) is 31.0 Å². The molecule has 0 aliphatic heterocycles. The molecule has 1 aliphatic carbocycles. The Balaban J connectivity index is 1.98. The van der Waals surface area contributed by atoms with Gasteiger partial charge in [-0.15, -0.1) is 0 Å². The average Bonchev–Trinajstić information content (AvgIpc) is 3.22. The number of benzene rings is 1. The van der Waals surface area contributed by atoms with Gasteiger partial charge >= 0.3 is 0 Å². The number of ether oxygens (including phenoxy) is 1. The number of hydrogen-bond acceptors (Lipinski definition) is 3. The zero-order valence-corrected chi connectivity index (χ0v) is 14.7. The molecule has 1 aliphatic rings. The highest BCUT2D eigenvalue weighted by molar-refractivity contribution is 5.94. The zero-order chi connectivity index (χ0) is 19.6. The van der Waals surface area contributed by atoms with E-state index in [2.05, 4.69) is 5.10 Å². The summed E-state index contributed by atoms with van der Waals surface area (Å²) in [4.78, 5) is 13.8. The summed E-state index contributed by atoms with van der Waals surface area (Å²) in [5.41, 5.74) is 1.74. The number of halogens is 4. The van der Waals surface area contributed by atoms with Crippen LogP contribution in [0.3, 0.4) is 0 Å². The summed E-state index contributed by atoms with van der Waals surface area (Å²) in [7, 11) is 1.42. The summed E-state index contributed by atoms with van der Waals surface area (Å²) >= 11 is 0. The third kappa shape index (κ3) is 3.97. The van der Waals surface area contributed by atoms with Crippen LogP contribution < -0.4 is 0 Å². The molecular weight excluding hydrogens is 366 g/mol. The highest BCUT2D eigenvalue weighted by Gasteiger charge is 2.30. The van der Waals surface area contributed by atoms with E-state index in [-0.39, 0.29) is 24.5 Å². The molecule has 0 saturated heterocycles. The van der Waals surface area contributed by atoms with E-state index in [1.54, 1.807) is 0 Å². The maximum absolute atomic E-state index is 13.6. The van der Waals surface area contributed by atoms with Crippen molar-refractivity contribution >= 4 is 5.91 Å². The van der Waals surface area contributed by atoms with Crippen molar-refractivity contribution in [3.05, 3.63) is 46.8 Å². The van der Waals surface area contributed by atoms with Crippen LogP contribution in [-0.4, -0.2) is 53.8 Å². The lowest BCUT2D eigenvalue weighted by Crippen LogP contribution is -2.38. The molecule has 1 aromatic carbocycles. The monoisotopic (exact) mass is 385 g/mol. The lowest BCUT2D eigenvalue weighted by molar-refractivity contribution is 0.0472. The van der Waals surface area contributed by atoms with Gasteiger partial charge in [0.2, 0.25) is 0 Å². The molecule has 27 heavy (non-hydrogen) atoms. The number of hydrogen-bond donors (Lipinski definition) is 0. The standard InChI is InChI=1S/C18H19F4N3O2/c1-27-8-7-24(10-16(21)22)18(26)17-12-3-2-4-15(12)25(23-17)11-5-6-13(19)14(20)9-11/h5-6,9,16H,2-4,7-8,10H2,1H3. The lowest BCUT2D eigenvalue weighted by atomic mass is 10.2. The summed E-state index contributed by atoms with van der Waals surface area (Å²) in [6, 6.07) is 3.34. The SMILES string of the molecule is COCCN(CC(F)F)C(=O)c1nn(-c2ccc(F)c(F)c2)c2c1CCC2.